The van der Waals surface area contributed by atoms with Gasteiger partial charge in [-0.15, -0.1) is 0 Å². The van der Waals surface area contributed by atoms with Crippen LogP contribution in [0.25, 0.3) is 0 Å². The van der Waals surface area contributed by atoms with Gasteiger partial charge in [-0.3, -0.25) is 4.79 Å². The van der Waals surface area contributed by atoms with Crippen molar-refractivity contribution in [3.05, 3.63) is 0 Å². The SMILES string of the molecule is CN1CCN(CCCNC(=O)[C@H]2CCCCN2)CC1. The van der Waals surface area contributed by atoms with Crippen LogP contribution in [-0.4, -0.2) is 74.6 Å². The minimum Gasteiger partial charge on any atom is -0.355 e. The third-order valence-corrected chi connectivity index (χ3v) is 4.17. The minimum absolute atomic E-state index is 0.0531. The molecule has 2 rings (SSSR count). The summed E-state index contributed by atoms with van der Waals surface area (Å²) in [6.07, 6.45) is 4.42. The van der Waals surface area contributed by atoms with Gasteiger partial charge in [0.05, 0.1) is 6.04 Å². The number of likely N-dealkylation sites (N-methyl/N-ethyl adjacent to an activating group) is 1. The largest absolute Gasteiger partial charge is 0.355 e. The highest BCUT2D eigenvalue weighted by atomic mass is 16.2. The molecule has 5 heteroatoms. The Kier molecular flexibility index (Phi) is 6.07. The molecule has 0 bridgehead atoms. The van der Waals surface area contributed by atoms with Gasteiger partial charge in [0.1, 0.15) is 0 Å². The van der Waals surface area contributed by atoms with Crippen LogP contribution in [0, 0.1) is 0 Å². The standard InChI is InChI=1S/C14H28N4O/c1-17-9-11-18(12-10-17)8-4-7-16-14(19)13-5-2-3-6-15-13/h13,15H,2-12H2,1H3,(H,16,19)/t13-/m1/s1. The van der Waals surface area contributed by atoms with Crippen LogP contribution in [0.5, 0.6) is 0 Å². The molecule has 19 heavy (non-hydrogen) atoms. The van der Waals surface area contributed by atoms with E-state index < -0.39 is 0 Å². The van der Waals surface area contributed by atoms with Gasteiger partial charge in [-0.2, -0.15) is 0 Å². The lowest BCUT2D eigenvalue weighted by Crippen LogP contribution is -2.47. The van der Waals surface area contributed by atoms with Crippen molar-refractivity contribution in [1.29, 1.82) is 0 Å². The summed E-state index contributed by atoms with van der Waals surface area (Å²) >= 11 is 0. The van der Waals surface area contributed by atoms with Gasteiger partial charge in [0.25, 0.3) is 0 Å². The molecular formula is C14H28N4O. The molecule has 0 radical (unpaired) electrons. The summed E-state index contributed by atoms with van der Waals surface area (Å²) in [4.78, 5) is 16.8. The van der Waals surface area contributed by atoms with Crippen molar-refractivity contribution in [2.24, 2.45) is 0 Å². The summed E-state index contributed by atoms with van der Waals surface area (Å²) in [7, 11) is 2.18. The maximum absolute atomic E-state index is 11.9. The van der Waals surface area contributed by atoms with E-state index >= 15 is 0 Å². The van der Waals surface area contributed by atoms with Crippen LogP contribution in [-0.2, 0) is 4.79 Å². The molecule has 110 valence electrons. The maximum Gasteiger partial charge on any atom is 0.237 e. The van der Waals surface area contributed by atoms with E-state index in [1.807, 2.05) is 0 Å². The monoisotopic (exact) mass is 268 g/mol. The Balaban J connectivity index is 1.52. The Hall–Kier alpha value is -0.650. The molecule has 5 nitrogen and oxygen atoms in total. The summed E-state index contributed by atoms with van der Waals surface area (Å²) in [5, 5.41) is 6.35. The molecule has 1 amide bonds. The van der Waals surface area contributed by atoms with Crippen LogP contribution < -0.4 is 10.6 Å². The number of rotatable bonds is 5. The molecule has 2 fully saturated rings. The number of amides is 1. The van der Waals surface area contributed by atoms with Gasteiger partial charge in [0, 0.05) is 32.7 Å². The van der Waals surface area contributed by atoms with Crippen molar-refractivity contribution in [2.45, 2.75) is 31.7 Å². The molecule has 0 unspecified atom stereocenters. The molecule has 2 saturated heterocycles. The number of carbonyl (C=O) groups is 1. The lowest BCUT2D eigenvalue weighted by Gasteiger charge is -2.32. The van der Waals surface area contributed by atoms with Gasteiger partial charge >= 0.3 is 0 Å². The van der Waals surface area contributed by atoms with Gasteiger partial charge in [0.2, 0.25) is 5.91 Å². The number of piperidine rings is 1. The van der Waals surface area contributed by atoms with Crippen molar-refractivity contribution < 1.29 is 4.79 Å². The fourth-order valence-electron chi connectivity index (χ4n) is 2.78. The molecule has 2 heterocycles. The number of hydrogen-bond donors (Lipinski definition) is 2. The second-order valence-electron chi connectivity index (χ2n) is 5.79. The lowest BCUT2D eigenvalue weighted by atomic mass is 10.0. The van der Waals surface area contributed by atoms with E-state index in [2.05, 4.69) is 27.5 Å². The van der Waals surface area contributed by atoms with Gasteiger partial charge < -0.3 is 20.4 Å². The van der Waals surface area contributed by atoms with E-state index in [1.165, 1.54) is 25.9 Å². The molecule has 0 aromatic heterocycles. The third-order valence-electron chi connectivity index (χ3n) is 4.17. The predicted molar refractivity (Wildman–Crippen MR) is 77.2 cm³/mol. The summed E-state index contributed by atoms with van der Waals surface area (Å²) in [5.41, 5.74) is 0. The molecule has 2 aliphatic rings. The van der Waals surface area contributed by atoms with Crippen LogP contribution >= 0.6 is 0 Å². The van der Waals surface area contributed by atoms with Crippen molar-refractivity contribution >= 4 is 5.91 Å². The van der Waals surface area contributed by atoms with E-state index in [-0.39, 0.29) is 11.9 Å². The number of nitrogens with one attached hydrogen (secondary N) is 2. The first-order valence-electron chi connectivity index (χ1n) is 7.68. The van der Waals surface area contributed by atoms with Crippen LogP contribution in [0.1, 0.15) is 25.7 Å². The van der Waals surface area contributed by atoms with Crippen LogP contribution in [0.3, 0.4) is 0 Å². The van der Waals surface area contributed by atoms with Crippen LogP contribution in [0.4, 0.5) is 0 Å². The van der Waals surface area contributed by atoms with Crippen LogP contribution in [0.15, 0.2) is 0 Å². The highest BCUT2D eigenvalue weighted by Gasteiger charge is 2.19. The molecule has 0 aliphatic carbocycles. The number of hydrogen-bond acceptors (Lipinski definition) is 4. The summed E-state index contributed by atoms with van der Waals surface area (Å²) in [6.45, 7) is 7.55. The zero-order valence-electron chi connectivity index (χ0n) is 12.2. The van der Waals surface area contributed by atoms with E-state index in [4.69, 9.17) is 0 Å². The zero-order chi connectivity index (χ0) is 13.5. The average molecular weight is 268 g/mol. The van der Waals surface area contributed by atoms with E-state index in [0.29, 0.717) is 0 Å². The lowest BCUT2D eigenvalue weighted by molar-refractivity contribution is -0.123. The minimum atomic E-state index is 0.0531. The Morgan fingerprint density at radius 1 is 1.26 bits per heavy atom. The fourth-order valence-corrected chi connectivity index (χ4v) is 2.78. The van der Waals surface area contributed by atoms with Gasteiger partial charge in [-0.05, 0) is 39.4 Å². The summed E-state index contributed by atoms with van der Waals surface area (Å²) in [6, 6.07) is 0.0531. The van der Waals surface area contributed by atoms with Crippen molar-refractivity contribution in [1.82, 2.24) is 20.4 Å². The number of carbonyl (C=O) groups excluding carboxylic acids is 1. The highest BCUT2D eigenvalue weighted by Crippen LogP contribution is 2.06. The molecule has 0 spiro atoms. The van der Waals surface area contributed by atoms with Crippen molar-refractivity contribution in [2.75, 3.05) is 52.9 Å². The first-order valence-corrected chi connectivity index (χ1v) is 7.68. The first kappa shape index (κ1) is 14.8. The Bertz CT molecular complexity index is 271. The normalized spacial score (nSPS) is 26.3. The summed E-state index contributed by atoms with van der Waals surface area (Å²) in [5.74, 6) is 0.193. The Labute approximate surface area is 116 Å². The quantitative estimate of drug-likeness (QED) is 0.683. The van der Waals surface area contributed by atoms with Crippen molar-refractivity contribution in [3.8, 4) is 0 Å². The second-order valence-corrected chi connectivity index (χ2v) is 5.79. The summed E-state index contributed by atoms with van der Waals surface area (Å²) < 4.78 is 0. The topological polar surface area (TPSA) is 47.6 Å². The Morgan fingerprint density at radius 3 is 2.74 bits per heavy atom. The Morgan fingerprint density at radius 2 is 2.05 bits per heavy atom. The van der Waals surface area contributed by atoms with E-state index in [9.17, 15) is 4.79 Å². The fraction of sp³-hybridized carbons (Fsp3) is 0.929. The molecule has 0 saturated carbocycles. The molecule has 2 N–H and O–H groups in total. The zero-order valence-corrected chi connectivity index (χ0v) is 12.2. The molecule has 0 aromatic carbocycles. The predicted octanol–water partition coefficient (Wildman–Crippen LogP) is -0.118. The van der Waals surface area contributed by atoms with Gasteiger partial charge in [-0.1, -0.05) is 6.42 Å². The average Bonchev–Trinajstić information content (AvgIpc) is 2.46. The van der Waals surface area contributed by atoms with E-state index in [1.54, 1.807) is 0 Å². The van der Waals surface area contributed by atoms with E-state index in [0.717, 1.165) is 45.6 Å². The van der Waals surface area contributed by atoms with Crippen LogP contribution in [0.2, 0.25) is 0 Å². The maximum atomic E-state index is 11.9. The first-order chi connectivity index (χ1) is 9.25. The smallest absolute Gasteiger partial charge is 0.237 e. The van der Waals surface area contributed by atoms with Crippen molar-refractivity contribution in [3.63, 3.8) is 0 Å². The third kappa shape index (κ3) is 5.09. The van der Waals surface area contributed by atoms with Gasteiger partial charge in [-0.25, -0.2) is 0 Å². The molecular weight excluding hydrogens is 240 g/mol. The highest BCUT2D eigenvalue weighted by molar-refractivity contribution is 5.81. The second kappa shape index (κ2) is 7.82. The van der Waals surface area contributed by atoms with Gasteiger partial charge in [0.15, 0.2) is 0 Å². The number of piperazine rings is 1. The molecule has 1 atom stereocenters. The number of nitrogens with zero attached hydrogens (tertiary/aromatic N) is 2. The molecule has 0 aromatic rings. The molecule has 2 aliphatic heterocycles.